The lowest BCUT2D eigenvalue weighted by molar-refractivity contribution is -0.123. The highest BCUT2D eigenvalue weighted by Crippen LogP contribution is 2.19. The lowest BCUT2D eigenvalue weighted by Gasteiger charge is -2.31. The Kier molecular flexibility index (Phi) is 6.02. The smallest absolute Gasteiger partial charge is 0.238 e. The standard InChI is InChI=1S/C21H25N3O2/c1-16-7-5-11-19(13-16)22-20(25)15-24-12-6-8-17(14-24)21(26)23-18-9-3-2-4-10-18/h2-5,7,9-11,13,17H,6,8,12,14-15H2,1H3,(H,22,25)(H,23,26). The average Bonchev–Trinajstić information content (AvgIpc) is 2.62. The molecule has 5 heteroatoms. The van der Waals surface area contributed by atoms with Gasteiger partial charge in [-0.05, 0) is 56.1 Å². The molecule has 1 saturated heterocycles. The molecular formula is C21H25N3O2. The molecule has 0 radical (unpaired) electrons. The molecule has 26 heavy (non-hydrogen) atoms. The summed E-state index contributed by atoms with van der Waals surface area (Å²) in [6, 6.07) is 17.2. The van der Waals surface area contributed by atoms with Crippen molar-refractivity contribution in [1.29, 1.82) is 0 Å². The number of nitrogens with zero attached hydrogens (tertiary/aromatic N) is 1. The fourth-order valence-corrected chi connectivity index (χ4v) is 3.31. The van der Waals surface area contributed by atoms with E-state index in [4.69, 9.17) is 0 Å². The predicted octanol–water partition coefficient (Wildman–Crippen LogP) is 3.28. The van der Waals surface area contributed by atoms with Gasteiger partial charge in [-0.2, -0.15) is 0 Å². The summed E-state index contributed by atoms with van der Waals surface area (Å²) >= 11 is 0. The summed E-state index contributed by atoms with van der Waals surface area (Å²) < 4.78 is 0. The van der Waals surface area contributed by atoms with E-state index in [1.807, 2.05) is 61.5 Å². The van der Waals surface area contributed by atoms with Crippen molar-refractivity contribution >= 4 is 23.2 Å². The van der Waals surface area contributed by atoms with Crippen molar-refractivity contribution < 1.29 is 9.59 Å². The van der Waals surface area contributed by atoms with Crippen molar-refractivity contribution in [3.8, 4) is 0 Å². The topological polar surface area (TPSA) is 61.4 Å². The Hall–Kier alpha value is -2.66. The maximum Gasteiger partial charge on any atom is 0.238 e. The number of aryl methyl sites for hydroxylation is 1. The molecule has 2 amide bonds. The third-order valence-electron chi connectivity index (χ3n) is 4.59. The molecule has 5 nitrogen and oxygen atoms in total. The van der Waals surface area contributed by atoms with Crippen molar-refractivity contribution in [2.45, 2.75) is 19.8 Å². The molecule has 0 saturated carbocycles. The van der Waals surface area contributed by atoms with Gasteiger partial charge >= 0.3 is 0 Å². The van der Waals surface area contributed by atoms with Crippen LogP contribution < -0.4 is 10.6 Å². The van der Waals surface area contributed by atoms with Gasteiger partial charge in [0.15, 0.2) is 0 Å². The quantitative estimate of drug-likeness (QED) is 0.869. The van der Waals surface area contributed by atoms with Crippen LogP contribution in [0, 0.1) is 12.8 Å². The first-order valence-corrected chi connectivity index (χ1v) is 9.05. The van der Waals surface area contributed by atoms with Crippen molar-refractivity contribution in [3.05, 3.63) is 60.2 Å². The number of carbonyl (C=O) groups is 2. The van der Waals surface area contributed by atoms with Crippen LogP contribution in [0.3, 0.4) is 0 Å². The van der Waals surface area contributed by atoms with Gasteiger partial charge in [0.25, 0.3) is 0 Å². The second-order valence-corrected chi connectivity index (χ2v) is 6.85. The number of hydrogen-bond donors (Lipinski definition) is 2. The minimum absolute atomic E-state index is 0.0278. The van der Waals surface area contributed by atoms with Crippen LogP contribution in [0.5, 0.6) is 0 Å². The van der Waals surface area contributed by atoms with Gasteiger partial charge in [-0.15, -0.1) is 0 Å². The Morgan fingerprint density at radius 3 is 2.58 bits per heavy atom. The van der Waals surface area contributed by atoms with Crippen molar-refractivity contribution in [1.82, 2.24) is 4.90 Å². The third kappa shape index (κ3) is 5.17. The molecule has 0 aromatic heterocycles. The van der Waals surface area contributed by atoms with E-state index in [1.54, 1.807) is 0 Å². The van der Waals surface area contributed by atoms with E-state index < -0.39 is 0 Å². The molecule has 0 spiro atoms. The highest BCUT2D eigenvalue weighted by atomic mass is 16.2. The number of rotatable bonds is 5. The van der Waals surface area contributed by atoms with Crippen LogP contribution in [0.25, 0.3) is 0 Å². The molecule has 0 bridgehead atoms. The normalized spacial score (nSPS) is 17.5. The van der Waals surface area contributed by atoms with Gasteiger partial charge in [0, 0.05) is 17.9 Å². The molecule has 1 fully saturated rings. The summed E-state index contributed by atoms with van der Waals surface area (Å²) in [5, 5.41) is 5.90. The van der Waals surface area contributed by atoms with Crippen molar-refractivity contribution in [3.63, 3.8) is 0 Å². The van der Waals surface area contributed by atoms with Crippen LogP contribution in [0.4, 0.5) is 11.4 Å². The Morgan fingerprint density at radius 1 is 1.04 bits per heavy atom. The first-order chi connectivity index (χ1) is 12.6. The van der Waals surface area contributed by atoms with Gasteiger partial charge in [-0.3, -0.25) is 14.5 Å². The van der Waals surface area contributed by atoms with Gasteiger partial charge in [0.2, 0.25) is 11.8 Å². The SMILES string of the molecule is Cc1cccc(NC(=O)CN2CCCC(C(=O)Nc3ccccc3)C2)c1. The van der Waals surface area contributed by atoms with E-state index in [9.17, 15) is 9.59 Å². The minimum atomic E-state index is -0.0873. The summed E-state index contributed by atoms with van der Waals surface area (Å²) in [5.41, 5.74) is 2.73. The monoisotopic (exact) mass is 351 g/mol. The maximum atomic E-state index is 12.5. The first-order valence-electron chi connectivity index (χ1n) is 9.05. The molecule has 1 heterocycles. The zero-order valence-electron chi connectivity index (χ0n) is 15.1. The van der Waals surface area contributed by atoms with Gasteiger partial charge in [0.05, 0.1) is 12.5 Å². The molecule has 2 N–H and O–H groups in total. The molecule has 2 aromatic carbocycles. The zero-order chi connectivity index (χ0) is 18.4. The number of hydrogen-bond acceptors (Lipinski definition) is 3. The maximum absolute atomic E-state index is 12.5. The van der Waals surface area contributed by atoms with Gasteiger partial charge in [-0.1, -0.05) is 30.3 Å². The van der Waals surface area contributed by atoms with E-state index in [0.717, 1.165) is 36.3 Å². The summed E-state index contributed by atoms with van der Waals surface area (Å²) in [7, 11) is 0. The molecule has 2 aromatic rings. The average molecular weight is 351 g/mol. The third-order valence-corrected chi connectivity index (χ3v) is 4.59. The second-order valence-electron chi connectivity index (χ2n) is 6.85. The highest BCUT2D eigenvalue weighted by Gasteiger charge is 2.26. The Balaban J connectivity index is 1.51. The Morgan fingerprint density at radius 2 is 1.81 bits per heavy atom. The zero-order valence-corrected chi connectivity index (χ0v) is 15.1. The van der Waals surface area contributed by atoms with Gasteiger partial charge in [0.1, 0.15) is 0 Å². The number of nitrogens with one attached hydrogen (secondary N) is 2. The van der Waals surface area contributed by atoms with E-state index >= 15 is 0 Å². The molecule has 1 aliphatic rings. The van der Waals surface area contributed by atoms with Crippen molar-refractivity contribution in [2.24, 2.45) is 5.92 Å². The lowest BCUT2D eigenvalue weighted by Crippen LogP contribution is -2.43. The highest BCUT2D eigenvalue weighted by molar-refractivity contribution is 5.93. The summed E-state index contributed by atoms with van der Waals surface area (Å²) in [4.78, 5) is 26.9. The van der Waals surface area contributed by atoms with Crippen LogP contribution >= 0.6 is 0 Å². The summed E-state index contributed by atoms with van der Waals surface area (Å²) in [5.74, 6) is -0.101. The molecule has 3 rings (SSSR count). The van der Waals surface area contributed by atoms with Gasteiger partial charge in [-0.25, -0.2) is 0 Å². The fourth-order valence-electron chi connectivity index (χ4n) is 3.31. The number of carbonyl (C=O) groups excluding carboxylic acids is 2. The van der Waals surface area contributed by atoms with Crippen LogP contribution in [0.1, 0.15) is 18.4 Å². The number of para-hydroxylation sites is 1. The first kappa shape index (κ1) is 18.1. The number of anilines is 2. The molecule has 1 unspecified atom stereocenters. The van der Waals surface area contributed by atoms with E-state index in [0.29, 0.717) is 13.1 Å². The summed E-state index contributed by atoms with van der Waals surface area (Å²) in [6.45, 7) is 3.76. The number of amides is 2. The van der Waals surface area contributed by atoms with Gasteiger partial charge < -0.3 is 10.6 Å². The largest absolute Gasteiger partial charge is 0.326 e. The van der Waals surface area contributed by atoms with Crippen LogP contribution in [0.2, 0.25) is 0 Å². The number of benzene rings is 2. The second kappa shape index (κ2) is 8.63. The molecule has 1 aliphatic heterocycles. The van der Waals surface area contributed by atoms with Crippen LogP contribution in [-0.4, -0.2) is 36.3 Å². The molecule has 0 aliphatic carbocycles. The Bertz CT molecular complexity index is 761. The summed E-state index contributed by atoms with van der Waals surface area (Å²) in [6.07, 6.45) is 1.78. The Labute approximate surface area is 154 Å². The predicted molar refractivity (Wildman–Crippen MR) is 104 cm³/mol. The van der Waals surface area contributed by atoms with E-state index in [2.05, 4.69) is 15.5 Å². The lowest BCUT2D eigenvalue weighted by atomic mass is 9.97. The fraction of sp³-hybridized carbons (Fsp3) is 0.333. The minimum Gasteiger partial charge on any atom is -0.326 e. The molecule has 136 valence electrons. The van der Waals surface area contributed by atoms with E-state index in [-0.39, 0.29) is 17.7 Å². The molecule has 1 atom stereocenters. The van der Waals surface area contributed by atoms with E-state index in [1.165, 1.54) is 0 Å². The molecular weight excluding hydrogens is 326 g/mol. The number of likely N-dealkylation sites (tertiary alicyclic amines) is 1. The number of piperidine rings is 1. The van der Waals surface area contributed by atoms with Crippen molar-refractivity contribution in [2.75, 3.05) is 30.3 Å². The van der Waals surface area contributed by atoms with Crippen LogP contribution in [-0.2, 0) is 9.59 Å². The van der Waals surface area contributed by atoms with Crippen LogP contribution in [0.15, 0.2) is 54.6 Å².